The number of aromatic nitrogens is 3. The van der Waals surface area contributed by atoms with Gasteiger partial charge in [-0.2, -0.15) is 0 Å². The van der Waals surface area contributed by atoms with Crippen LogP contribution in [0.2, 0.25) is 0 Å². The number of nitrogens with one attached hydrogen (secondary N) is 2. The van der Waals surface area contributed by atoms with Crippen LogP contribution in [0, 0.1) is 0 Å². The van der Waals surface area contributed by atoms with E-state index in [1.54, 1.807) is 32.4 Å². The quantitative estimate of drug-likeness (QED) is 0.569. The largest absolute Gasteiger partial charge is 0.390 e. The predicted octanol–water partition coefficient (Wildman–Crippen LogP) is 3.40. The molecular weight excluding hydrogens is 366 g/mol. The Balaban J connectivity index is 2.01. The first kappa shape index (κ1) is 20.7. The zero-order chi connectivity index (χ0) is 21.0. The first-order valence-electron chi connectivity index (χ1n) is 9.72. The molecular formula is C22H27N5O2. The number of aliphatic hydroxyl groups is 1. The first-order valence-corrected chi connectivity index (χ1v) is 9.72. The molecule has 0 fully saturated rings. The molecule has 0 bridgehead atoms. The maximum absolute atomic E-state index is 12.8. The van der Waals surface area contributed by atoms with E-state index in [1.807, 2.05) is 38.1 Å². The molecule has 0 aliphatic rings. The molecule has 7 heteroatoms. The summed E-state index contributed by atoms with van der Waals surface area (Å²) in [5, 5.41) is 16.1. The maximum atomic E-state index is 12.8. The van der Waals surface area contributed by atoms with Gasteiger partial charge in [0.1, 0.15) is 5.52 Å². The molecule has 3 N–H and O–H groups in total. The summed E-state index contributed by atoms with van der Waals surface area (Å²) in [5.41, 5.74) is 3.32. The highest BCUT2D eigenvalue weighted by Gasteiger charge is 2.19. The van der Waals surface area contributed by atoms with E-state index in [4.69, 9.17) is 4.98 Å². The average Bonchev–Trinajstić information content (AvgIpc) is 2.67. The molecule has 0 saturated heterocycles. The smallest absolute Gasteiger partial charge is 0.255 e. The van der Waals surface area contributed by atoms with Crippen molar-refractivity contribution in [2.75, 3.05) is 11.9 Å². The zero-order valence-corrected chi connectivity index (χ0v) is 17.2. The highest BCUT2D eigenvalue weighted by atomic mass is 16.3. The average molecular weight is 393 g/mol. The van der Waals surface area contributed by atoms with Gasteiger partial charge in [0.05, 0.1) is 28.1 Å². The number of amides is 1. The Morgan fingerprint density at radius 1 is 1.17 bits per heavy atom. The number of nitrogens with zero attached hydrogens (tertiary/aromatic N) is 3. The Morgan fingerprint density at radius 3 is 2.55 bits per heavy atom. The number of anilines is 1. The normalized spacial score (nSPS) is 11.7. The van der Waals surface area contributed by atoms with E-state index in [0.717, 1.165) is 11.3 Å². The molecule has 3 heterocycles. The number of carbonyl (C=O) groups is 1. The minimum Gasteiger partial charge on any atom is -0.390 e. The lowest BCUT2D eigenvalue weighted by molar-refractivity contribution is 0.0693. The van der Waals surface area contributed by atoms with Crippen molar-refractivity contribution in [3.05, 3.63) is 48.4 Å². The molecule has 0 aromatic carbocycles. The summed E-state index contributed by atoms with van der Waals surface area (Å²) < 4.78 is 0. The SMILES string of the molecule is CC(C)Nc1c(C(=O)NCCC(C)(C)O)cnc2ccc(-c3ccncc3)nc12. The van der Waals surface area contributed by atoms with E-state index in [1.165, 1.54) is 0 Å². The first-order chi connectivity index (χ1) is 13.7. The molecule has 3 aromatic heterocycles. The summed E-state index contributed by atoms with van der Waals surface area (Å²) in [6.45, 7) is 7.82. The van der Waals surface area contributed by atoms with Crippen LogP contribution in [0.25, 0.3) is 22.3 Å². The lowest BCUT2D eigenvalue weighted by Crippen LogP contribution is -2.31. The van der Waals surface area contributed by atoms with Crippen LogP contribution in [0.1, 0.15) is 44.5 Å². The summed E-state index contributed by atoms with van der Waals surface area (Å²) >= 11 is 0. The van der Waals surface area contributed by atoms with Crippen molar-refractivity contribution in [1.82, 2.24) is 20.3 Å². The van der Waals surface area contributed by atoms with Gasteiger partial charge in [0.15, 0.2) is 0 Å². The van der Waals surface area contributed by atoms with Crippen LogP contribution in [0.5, 0.6) is 0 Å². The lowest BCUT2D eigenvalue weighted by Gasteiger charge is -2.19. The summed E-state index contributed by atoms with van der Waals surface area (Å²) in [6, 6.07) is 7.70. The fourth-order valence-corrected chi connectivity index (χ4v) is 2.93. The van der Waals surface area contributed by atoms with E-state index < -0.39 is 5.60 Å². The van der Waals surface area contributed by atoms with Crippen LogP contribution in [0.15, 0.2) is 42.9 Å². The molecule has 1 amide bonds. The summed E-state index contributed by atoms with van der Waals surface area (Å²) in [7, 11) is 0. The number of fused-ring (bicyclic) bond motifs is 1. The highest BCUT2D eigenvalue weighted by Crippen LogP contribution is 2.28. The van der Waals surface area contributed by atoms with Crippen molar-refractivity contribution >= 4 is 22.6 Å². The zero-order valence-electron chi connectivity index (χ0n) is 17.2. The minimum atomic E-state index is -0.838. The third-order valence-corrected chi connectivity index (χ3v) is 4.39. The van der Waals surface area contributed by atoms with E-state index in [-0.39, 0.29) is 11.9 Å². The minimum absolute atomic E-state index is 0.106. The Morgan fingerprint density at radius 2 is 1.90 bits per heavy atom. The molecule has 0 aliphatic heterocycles. The van der Waals surface area contributed by atoms with Gasteiger partial charge in [-0.05, 0) is 58.4 Å². The highest BCUT2D eigenvalue weighted by molar-refractivity contribution is 6.06. The number of hydrogen-bond donors (Lipinski definition) is 3. The standard InChI is InChI=1S/C22H27N5O2/c1-14(2)26-19-16(21(28)24-12-9-22(3,4)29)13-25-18-6-5-17(27-20(18)19)15-7-10-23-11-8-15/h5-8,10-11,13-14,29H,9,12H2,1-4H3,(H,24,28)(H,25,26). The van der Waals surface area contributed by atoms with Crippen LogP contribution < -0.4 is 10.6 Å². The van der Waals surface area contributed by atoms with Gasteiger partial charge in [-0.1, -0.05) is 0 Å². The Kier molecular flexibility index (Phi) is 6.08. The Hall–Kier alpha value is -3.06. The number of hydrogen-bond acceptors (Lipinski definition) is 6. The van der Waals surface area contributed by atoms with E-state index in [0.29, 0.717) is 35.2 Å². The molecule has 3 aromatic rings. The number of pyridine rings is 3. The molecule has 152 valence electrons. The van der Waals surface area contributed by atoms with Gasteiger partial charge in [-0.25, -0.2) is 4.98 Å². The van der Waals surface area contributed by atoms with Gasteiger partial charge in [-0.3, -0.25) is 14.8 Å². The van der Waals surface area contributed by atoms with Crippen LogP contribution >= 0.6 is 0 Å². The lowest BCUT2D eigenvalue weighted by atomic mass is 10.1. The van der Waals surface area contributed by atoms with Gasteiger partial charge in [0, 0.05) is 36.7 Å². The summed E-state index contributed by atoms with van der Waals surface area (Å²) in [6.07, 6.45) is 5.47. The second-order valence-corrected chi connectivity index (χ2v) is 7.96. The van der Waals surface area contributed by atoms with Gasteiger partial charge in [0.2, 0.25) is 0 Å². The molecule has 0 unspecified atom stereocenters. The predicted molar refractivity (Wildman–Crippen MR) is 115 cm³/mol. The molecule has 3 rings (SSSR count). The molecule has 0 radical (unpaired) electrons. The van der Waals surface area contributed by atoms with Crippen molar-refractivity contribution in [2.45, 2.75) is 45.8 Å². The monoisotopic (exact) mass is 393 g/mol. The van der Waals surface area contributed by atoms with Crippen molar-refractivity contribution in [2.24, 2.45) is 0 Å². The fraction of sp³-hybridized carbons (Fsp3) is 0.364. The third-order valence-electron chi connectivity index (χ3n) is 4.39. The molecule has 0 atom stereocenters. The van der Waals surface area contributed by atoms with Crippen molar-refractivity contribution in [3.8, 4) is 11.3 Å². The molecule has 29 heavy (non-hydrogen) atoms. The van der Waals surface area contributed by atoms with Crippen molar-refractivity contribution in [3.63, 3.8) is 0 Å². The van der Waals surface area contributed by atoms with Crippen LogP contribution in [0.4, 0.5) is 5.69 Å². The van der Waals surface area contributed by atoms with Gasteiger partial charge >= 0.3 is 0 Å². The summed E-state index contributed by atoms with van der Waals surface area (Å²) in [5.74, 6) is -0.247. The molecule has 0 spiro atoms. The topological polar surface area (TPSA) is 100 Å². The van der Waals surface area contributed by atoms with Gasteiger partial charge < -0.3 is 15.7 Å². The van der Waals surface area contributed by atoms with E-state index >= 15 is 0 Å². The van der Waals surface area contributed by atoms with Crippen LogP contribution in [0.3, 0.4) is 0 Å². The van der Waals surface area contributed by atoms with E-state index in [9.17, 15) is 9.90 Å². The van der Waals surface area contributed by atoms with Crippen LogP contribution in [-0.2, 0) is 0 Å². The van der Waals surface area contributed by atoms with Crippen LogP contribution in [-0.4, -0.2) is 44.2 Å². The maximum Gasteiger partial charge on any atom is 0.255 e. The number of rotatable bonds is 7. The second kappa shape index (κ2) is 8.53. The third kappa shape index (κ3) is 5.26. The van der Waals surface area contributed by atoms with E-state index in [2.05, 4.69) is 20.6 Å². The summed E-state index contributed by atoms with van der Waals surface area (Å²) in [4.78, 5) is 26.1. The Bertz CT molecular complexity index is 997. The fourth-order valence-electron chi connectivity index (χ4n) is 2.93. The number of carbonyl (C=O) groups excluding carboxylic acids is 1. The van der Waals surface area contributed by atoms with Gasteiger partial charge in [-0.15, -0.1) is 0 Å². The second-order valence-electron chi connectivity index (χ2n) is 7.96. The molecule has 0 aliphatic carbocycles. The molecule has 0 saturated carbocycles. The molecule has 7 nitrogen and oxygen atoms in total. The van der Waals surface area contributed by atoms with Gasteiger partial charge in [0.25, 0.3) is 5.91 Å². The van der Waals surface area contributed by atoms with Crippen molar-refractivity contribution in [1.29, 1.82) is 0 Å². The Labute approximate surface area is 170 Å². The van der Waals surface area contributed by atoms with Crippen molar-refractivity contribution < 1.29 is 9.90 Å².